The van der Waals surface area contributed by atoms with Crippen molar-refractivity contribution in [2.24, 2.45) is 5.92 Å². The zero-order valence-corrected chi connectivity index (χ0v) is 7.79. The van der Waals surface area contributed by atoms with Crippen molar-refractivity contribution in [1.29, 1.82) is 0 Å². The highest BCUT2D eigenvalue weighted by Gasteiger charge is 2.37. The van der Waals surface area contributed by atoms with Crippen molar-refractivity contribution in [3.05, 3.63) is 23.2 Å². The number of carbonyl (C=O) groups excluding carboxylic acids is 2. The summed E-state index contributed by atoms with van der Waals surface area (Å²) in [7, 11) is 1.58. The molecule has 1 unspecified atom stereocenters. The summed E-state index contributed by atoms with van der Waals surface area (Å²) in [6, 6.07) is 0. The van der Waals surface area contributed by atoms with Gasteiger partial charge in [-0.25, -0.2) is 4.39 Å². The van der Waals surface area contributed by atoms with Crippen molar-refractivity contribution in [1.82, 2.24) is 4.90 Å². The Labute approximate surface area is 80.9 Å². The van der Waals surface area contributed by atoms with Crippen LogP contribution < -0.4 is 0 Å². The molecule has 1 atom stereocenters. The average Bonchev–Trinajstić information content (AvgIpc) is 2.45. The number of nitrogens with zero attached hydrogens (tertiary/aromatic N) is 1. The Balaban J connectivity index is 2.51. The van der Waals surface area contributed by atoms with E-state index >= 15 is 0 Å². The molecule has 1 heterocycles. The van der Waals surface area contributed by atoms with Crippen molar-refractivity contribution in [2.45, 2.75) is 12.8 Å². The molecular formula is C10H10FNO2. The van der Waals surface area contributed by atoms with Gasteiger partial charge in [-0.2, -0.15) is 0 Å². The third-order valence-corrected chi connectivity index (χ3v) is 2.78. The number of halogens is 1. The third-order valence-electron chi connectivity index (χ3n) is 2.78. The smallest absolute Gasteiger partial charge is 0.227 e. The highest BCUT2D eigenvalue weighted by Crippen LogP contribution is 2.38. The molecule has 0 aromatic rings. The lowest BCUT2D eigenvalue weighted by atomic mass is 9.92. The van der Waals surface area contributed by atoms with Gasteiger partial charge in [0, 0.05) is 25.1 Å². The van der Waals surface area contributed by atoms with Crippen molar-refractivity contribution < 1.29 is 14.0 Å². The van der Waals surface area contributed by atoms with E-state index in [-0.39, 0.29) is 17.4 Å². The maximum absolute atomic E-state index is 13.2. The summed E-state index contributed by atoms with van der Waals surface area (Å²) >= 11 is 0. The Bertz CT molecular complexity index is 370. The van der Waals surface area contributed by atoms with Gasteiger partial charge in [-0.1, -0.05) is 0 Å². The van der Waals surface area contributed by atoms with Crippen LogP contribution in [-0.4, -0.2) is 24.1 Å². The number of hydrogen-bond acceptors (Lipinski definition) is 2. The molecule has 4 heteroatoms. The molecule has 1 aliphatic carbocycles. The zero-order chi connectivity index (χ0) is 10.3. The summed E-state index contributed by atoms with van der Waals surface area (Å²) in [5.41, 5.74) is 0.583. The van der Waals surface area contributed by atoms with Gasteiger partial charge in [0.15, 0.2) is 6.29 Å². The van der Waals surface area contributed by atoms with E-state index < -0.39 is 5.83 Å². The largest absolute Gasteiger partial charge is 0.318 e. The van der Waals surface area contributed by atoms with E-state index in [0.29, 0.717) is 24.8 Å². The van der Waals surface area contributed by atoms with Crippen LogP contribution in [0.5, 0.6) is 0 Å². The Morgan fingerprint density at radius 3 is 3.00 bits per heavy atom. The van der Waals surface area contributed by atoms with Gasteiger partial charge in [-0.15, -0.1) is 0 Å². The third kappa shape index (κ3) is 1.10. The molecule has 0 N–H and O–H groups in total. The molecule has 0 aromatic carbocycles. The van der Waals surface area contributed by atoms with Gasteiger partial charge in [0.2, 0.25) is 5.91 Å². The molecule has 74 valence electrons. The number of rotatable bonds is 1. The van der Waals surface area contributed by atoms with E-state index in [4.69, 9.17) is 0 Å². The zero-order valence-electron chi connectivity index (χ0n) is 7.79. The van der Waals surface area contributed by atoms with Gasteiger partial charge in [-0.05, 0) is 12.5 Å². The van der Waals surface area contributed by atoms with Crippen LogP contribution >= 0.6 is 0 Å². The number of amides is 1. The molecule has 0 bridgehead atoms. The Morgan fingerprint density at radius 2 is 2.36 bits per heavy atom. The molecule has 0 radical (unpaired) electrons. The van der Waals surface area contributed by atoms with Crippen LogP contribution in [0.25, 0.3) is 0 Å². The van der Waals surface area contributed by atoms with Gasteiger partial charge < -0.3 is 4.90 Å². The van der Waals surface area contributed by atoms with Gasteiger partial charge in [0.1, 0.15) is 5.83 Å². The number of carbonyl (C=O) groups is 2. The first kappa shape index (κ1) is 9.12. The van der Waals surface area contributed by atoms with E-state index in [9.17, 15) is 14.0 Å². The summed E-state index contributed by atoms with van der Waals surface area (Å²) in [5, 5.41) is 0. The fourth-order valence-electron chi connectivity index (χ4n) is 2.04. The van der Waals surface area contributed by atoms with Crippen LogP contribution in [0.15, 0.2) is 23.2 Å². The van der Waals surface area contributed by atoms with Gasteiger partial charge in [0.25, 0.3) is 0 Å². The average molecular weight is 195 g/mol. The predicted octanol–water partition coefficient (Wildman–Crippen LogP) is 1.17. The van der Waals surface area contributed by atoms with Crippen LogP contribution in [-0.2, 0) is 9.59 Å². The van der Waals surface area contributed by atoms with E-state index in [2.05, 4.69) is 0 Å². The lowest BCUT2D eigenvalue weighted by Crippen LogP contribution is -2.21. The normalized spacial score (nSPS) is 26.4. The monoisotopic (exact) mass is 195 g/mol. The highest BCUT2D eigenvalue weighted by atomic mass is 19.1. The topological polar surface area (TPSA) is 37.4 Å². The van der Waals surface area contributed by atoms with Crippen LogP contribution in [0, 0.1) is 5.92 Å². The van der Waals surface area contributed by atoms with Gasteiger partial charge >= 0.3 is 0 Å². The molecule has 2 rings (SSSR count). The first-order valence-electron chi connectivity index (χ1n) is 4.47. The van der Waals surface area contributed by atoms with Crippen LogP contribution in [0.4, 0.5) is 4.39 Å². The summed E-state index contributed by atoms with van der Waals surface area (Å²) in [6.07, 6.45) is 2.76. The Hall–Kier alpha value is -1.45. The number of aldehydes is 1. The minimum absolute atomic E-state index is 0.00722. The molecule has 1 fully saturated rings. The predicted molar refractivity (Wildman–Crippen MR) is 47.8 cm³/mol. The molecule has 2 aliphatic rings. The van der Waals surface area contributed by atoms with Gasteiger partial charge in [-0.3, -0.25) is 9.59 Å². The second-order valence-electron chi connectivity index (χ2n) is 3.56. The lowest BCUT2D eigenvalue weighted by molar-refractivity contribution is -0.125. The molecule has 0 spiro atoms. The molecular weight excluding hydrogens is 185 g/mol. The highest BCUT2D eigenvalue weighted by molar-refractivity contribution is 5.88. The molecule has 3 nitrogen and oxygen atoms in total. The van der Waals surface area contributed by atoms with Crippen LogP contribution in [0.1, 0.15) is 12.8 Å². The summed E-state index contributed by atoms with van der Waals surface area (Å²) in [5.74, 6) is -0.563. The number of hydrogen-bond donors (Lipinski definition) is 0. The fourth-order valence-corrected chi connectivity index (χ4v) is 2.04. The summed E-state index contributed by atoms with van der Waals surface area (Å²) in [6.45, 7) is 0. The Kier molecular flexibility index (Phi) is 1.98. The number of fused-ring (bicyclic) bond motifs is 1. The quantitative estimate of drug-likeness (QED) is 0.589. The first-order chi connectivity index (χ1) is 6.65. The Morgan fingerprint density at radius 1 is 1.64 bits per heavy atom. The number of allylic oxidation sites excluding steroid dienone is 4. The standard InChI is InChI=1S/C10H10FNO2/c1-12-9(14)4-6-2-3-8(11)7(5-13)10(6)12/h3,5-6H,2,4H2,1H3. The summed E-state index contributed by atoms with van der Waals surface area (Å²) in [4.78, 5) is 23.4. The lowest BCUT2D eigenvalue weighted by Gasteiger charge is -2.20. The van der Waals surface area contributed by atoms with Crippen molar-refractivity contribution >= 4 is 12.2 Å². The minimum Gasteiger partial charge on any atom is -0.318 e. The fraction of sp³-hybridized carbons (Fsp3) is 0.400. The van der Waals surface area contributed by atoms with E-state index in [0.717, 1.165) is 0 Å². The van der Waals surface area contributed by atoms with Crippen molar-refractivity contribution in [3.63, 3.8) is 0 Å². The van der Waals surface area contributed by atoms with Crippen LogP contribution in [0.2, 0.25) is 0 Å². The van der Waals surface area contributed by atoms with E-state index in [1.165, 1.54) is 11.0 Å². The van der Waals surface area contributed by atoms with Crippen molar-refractivity contribution in [2.75, 3.05) is 7.05 Å². The number of likely N-dealkylation sites (tertiary alicyclic amines) is 1. The maximum Gasteiger partial charge on any atom is 0.227 e. The van der Waals surface area contributed by atoms with Gasteiger partial charge in [0.05, 0.1) is 5.57 Å². The SMILES string of the molecule is CN1C(=O)CC2CC=C(F)C(C=O)=C21. The van der Waals surface area contributed by atoms with Crippen molar-refractivity contribution in [3.8, 4) is 0 Å². The maximum atomic E-state index is 13.2. The molecule has 0 aromatic heterocycles. The molecule has 1 aliphatic heterocycles. The molecule has 1 amide bonds. The molecule has 1 saturated heterocycles. The van der Waals surface area contributed by atoms with E-state index in [1.54, 1.807) is 7.05 Å². The summed E-state index contributed by atoms with van der Waals surface area (Å²) < 4.78 is 13.2. The first-order valence-corrected chi connectivity index (χ1v) is 4.47. The second-order valence-corrected chi connectivity index (χ2v) is 3.56. The van der Waals surface area contributed by atoms with E-state index in [1.807, 2.05) is 0 Å². The second kappa shape index (κ2) is 3.04. The molecule has 0 saturated carbocycles. The molecule has 14 heavy (non-hydrogen) atoms. The minimum atomic E-state index is -0.507. The van der Waals surface area contributed by atoms with Crippen LogP contribution in [0.3, 0.4) is 0 Å².